The van der Waals surface area contributed by atoms with Crippen molar-refractivity contribution in [2.75, 3.05) is 7.05 Å². The molecular weight excluding hydrogens is 178 g/mol. The number of hydrogen-bond acceptors (Lipinski definition) is 4. The van der Waals surface area contributed by atoms with Gasteiger partial charge in [0.2, 0.25) is 0 Å². The molecule has 14 heavy (non-hydrogen) atoms. The van der Waals surface area contributed by atoms with E-state index >= 15 is 0 Å². The Hall–Kier alpha value is -1.41. The smallest absolute Gasteiger partial charge is 0.103 e. The first-order chi connectivity index (χ1) is 6.45. The molecule has 0 saturated carbocycles. The summed E-state index contributed by atoms with van der Waals surface area (Å²) in [5.74, 6) is 0. The molecule has 5 nitrogen and oxygen atoms in total. The highest BCUT2D eigenvalue weighted by Crippen LogP contribution is 2.12. The predicted molar refractivity (Wildman–Crippen MR) is 52.2 cm³/mol. The van der Waals surface area contributed by atoms with E-state index in [9.17, 15) is 0 Å². The third-order valence-corrected chi connectivity index (χ3v) is 2.28. The van der Waals surface area contributed by atoms with Crippen molar-refractivity contribution in [3.63, 3.8) is 0 Å². The molecule has 1 aromatic rings. The van der Waals surface area contributed by atoms with E-state index in [1.807, 2.05) is 39.0 Å². The molecule has 0 saturated heterocycles. The second-order valence-electron chi connectivity index (χ2n) is 3.91. The van der Waals surface area contributed by atoms with Crippen LogP contribution in [-0.4, -0.2) is 32.5 Å². The summed E-state index contributed by atoms with van der Waals surface area (Å²) >= 11 is 0. The van der Waals surface area contributed by atoms with Gasteiger partial charge in [0.1, 0.15) is 5.54 Å². The minimum atomic E-state index is -0.475. The Bertz CT molecular complexity index is 346. The minimum Gasteiger partial charge on any atom is -0.283 e. The van der Waals surface area contributed by atoms with Gasteiger partial charge in [0.05, 0.1) is 11.8 Å². The Labute approximate surface area is 83.9 Å². The van der Waals surface area contributed by atoms with Crippen LogP contribution >= 0.6 is 0 Å². The SMILES string of the molecule is CN(Cc1cn(C)nn1)C(C)(C)C#N. The van der Waals surface area contributed by atoms with Crippen molar-refractivity contribution in [2.45, 2.75) is 25.9 Å². The van der Waals surface area contributed by atoms with Gasteiger partial charge in [-0.05, 0) is 20.9 Å². The van der Waals surface area contributed by atoms with E-state index in [2.05, 4.69) is 16.4 Å². The van der Waals surface area contributed by atoms with E-state index in [0.717, 1.165) is 5.69 Å². The zero-order valence-corrected chi connectivity index (χ0v) is 9.02. The molecule has 1 heterocycles. The average Bonchev–Trinajstić information content (AvgIpc) is 2.51. The van der Waals surface area contributed by atoms with Gasteiger partial charge in [0.15, 0.2) is 0 Å². The van der Waals surface area contributed by atoms with E-state index in [4.69, 9.17) is 5.26 Å². The van der Waals surface area contributed by atoms with Crippen molar-refractivity contribution < 1.29 is 0 Å². The molecule has 0 bridgehead atoms. The summed E-state index contributed by atoms with van der Waals surface area (Å²) in [6.45, 7) is 4.39. The highest BCUT2D eigenvalue weighted by Gasteiger charge is 2.23. The lowest BCUT2D eigenvalue weighted by atomic mass is 10.1. The summed E-state index contributed by atoms with van der Waals surface area (Å²) in [7, 11) is 3.73. The standard InChI is InChI=1S/C9H15N5/c1-9(2,7-10)13(3)5-8-6-14(4)12-11-8/h6H,5H2,1-4H3. The van der Waals surface area contributed by atoms with Crippen LogP contribution in [0.2, 0.25) is 0 Å². The second kappa shape index (κ2) is 3.76. The van der Waals surface area contributed by atoms with Gasteiger partial charge >= 0.3 is 0 Å². The maximum absolute atomic E-state index is 8.91. The van der Waals surface area contributed by atoms with Gasteiger partial charge in [-0.3, -0.25) is 9.58 Å². The molecule has 0 aliphatic rings. The molecule has 5 heteroatoms. The fourth-order valence-corrected chi connectivity index (χ4v) is 0.994. The van der Waals surface area contributed by atoms with Gasteiger partial charge in [-0.2, -0.15) is 5.26 Å². The first kappa shape index (κ1) is 10.7. The lowest BCUT2D eigenvalue weighted by molar-refractivity contribution is 0.200. The fourth-order valence-electron chi connectivity index (χ4n) is 0.994. The van der Waals surface area contributed by atoms with Crippen molar-refractivity contribution in [1.29, 1.82) is 5.26 Å². The molecule has 0 amide bonds. The number of aryl methyl sites for hydroxylation is 1. The van der Waals surface area contributed by atoms with E-state index in [-0.39, 0.29) is 0 Å². The van der Waals surface area contributed by atoms with Gasteiger partial charge in [-0.1, -0.05) is 5.21 Å². The van der Waals surface area contributed by atoms with Crippen LogP contribution in [-0.2, 0) is 13.6 Å². The lowest BCUT2D eigenvalue weighted by Crippen LogP contribution is -2.39. The van der Waals surface area contributed by atoms with Crippen LogP contribution in [0.1, 0.15) is 19.5 Å². The summed E-state index contributed by atoms with van der Waals surface area (Å²) in [5.41, 5.74) is 0.399. The lowest BCUT2D eigenvalue weighted by Gasteiger charge is -2.27. The molecule has 0 aliphatic carbocycles. The molecule has 0 atom stereocenters. The zero-order valence-electron chi connectivity index (χ0n) is 9.02. The first-order valence-corrected chi connectivity index (χ1v) is 4.43. The van der Waals surface area contributed by atoms with Crippen molar-refractivity contribution >= 4 is 0 Å². The second-order valence-corrected chi connectivity index (χ2v) is 3.91. The van der Waals surface area contributed by atoms with Crippen molar-refractivity contribution in [3.05, 3.63) is 11.9 Å². The van der Waals surface area contributed by atoms with E-state index in [0.29, 0.717) is 6.54 Å². The van der Waals surface area contributed by atoms with Gasteiger partial charge in [-0.25, -0.2) is 0 Å². The number of hydrogen-bond donors (Lipinski definition) is 0. The molecule has 0 radical (unpaired) electrons. The molecule has 1 rings (SSSR count). The van der Waals surface area contributed by atoms with Crippen LogP contribution in [0.3, 0.4) is 0 Å². The molecule has 0 N–H and O–H groups in total. The third-order valence-electron chi connectivity index (χ3n) is 2.28. The zero-order chi connectivity index (χ0) is 10.8. The summed E-state index contributed by atoms with van der Waals surface area (Å²) in [6, 6.07) is 2.24. The maximum atomic E-state index is 8.91. The van der Waals surface area contributed by atoms with E-state index in [1.165, 1.54) is 0 Å². The van der Waals surface area contributed by atoms with Crippen molar-refractivity contribution in [2.24, 2.45) is 7.05 Å². The number of rotatable bonds is 3. The number of nitrogens with zero attached hydrogens (tertiary/aromatic N) is 5. The van der Waals surface area contributed by atoms with E-state index < -0.39 is 5.54 Å². The van der Waals surface area contributed by atoms with Gasteiger partial charge in [0.25, 0.3) is 0 Å². The van der Waals surface area contributed by atoms with E-state index in [1.54, 1.807) is 4.68 Å². The van der Waals surface area contributed by atoms with Gasteiger partial charge < -0.3 is 0 Å². The topological polar surface area (TPSA) is 57.7 Å². The van der Waals surface area contributed by atoms with Crippen LogP contribution in [0, 0.1) is 11.3 Å². The molecular formula is C9H15N5. The van der Waals surface area contributed by atoms with Crippen molar-refractivity contribution in [1.82, 2.24) is 19.9 Å². The first-order valence-electron chi connectivity index (χ1n) is 4.43. The van der Waals surface area contributed by atoms with Crippen LogP contribution in [0.25, 0.3) is 0 Å². The molecule has 0 spiro atoms. The summed E-state index contributed by atoms with van der Waals surface area (Å²) in [5, 5.41) is 16.7. The Morgan fingerprint density at radius 2 is 2.29 bits per heavy atom. The van der Waals surface area contributed by atoms with Crippen LogP contribution in [0.4, 0.5) is 0 Å². The average molecular weight is 193 g/mol. The quantitative estimate of drug-likeness (QED) is 0.703. The predicted octanol–water partition coefficient (Wildman–Crippen LogP) is 0.549. The fraction of sp³-hybridized carbons (Fsp3) is 0.667. The normalized spacial score (nSPS) is 11.7. The minimum absolute atomic E-state index is 0.475. The monoisotopic (exact) mass is 193 g/mol. The molecule has 0 aromatic carbocycles. The van der Waals surface area contributed by atoms with Crippen molar-refractivity contribution in [3.8, 4) is 6.07 Å². The Morgan fingerprint density at radius 3 is 2.71 bits per heavy atom. The molecule has 0 fully saturated rings. The Balaban J connectivity index is 2.67. The third kappa shape index (κ3) is 2.30. The number of nitriles is 1. The molecule has 76 valence electrons. The molecule has 1 aromatic heterocycles. The van der Waals surface area contributed by atoms with Crippen LogP contribution < -0.4 is 0 Å². The molecule has 0 aliphatic heterocycles. The summed E-state index contributed by atoms with van der Waals surface area (Å²) in [4.78, 5) is 1.94. The van der Waals surface area contributed by atoms with Crippen LogP contribution in [0.15, 0.2) is 6.20 Å². The Kier molecular flexibility index (Phi) is 2.87. The highest BCUT2D eigenvalue weighted by atomic mass is 15.4. The van der Waals surface area contributed by atoms with Gasteiger partial charge in [-0.15, -0.1) is 5.10 Å². The molecule has 0 unspecified atom stereocenters. The number of aromatic nitrogens is 3. The Morgan fingerprint density at radius 1 is 1.64 bits per heavy atom. The largest absolute Gasteiger partial charge is 0.283 e. The summed E-state index contributed by atoms with van der Waals surface area (Å²) < 4.78 is 1.66. The maximum Gasteiger partial charge on any atom is 0.103 e. The highest BCUT2D eigenvalue weighted by molar-refractivity contribution is 5.03. The van der Waals surface area contributed by atoms with Crippen LogP contribution in [0.5, 0.6) is 0 Å². The summed E-state index contributed by atoms with van der Waals surface area (Å²) in [6.07, 6.45) is 1.85. The van der Waals surface area contributed by atoms with Gasteiger partial charge in [0, 0.05) is 19.8 Å².